The van der Waals surface area contributed by atoms with Crippen LogP contribution in [0, 0.1) is 0 Å². The van der Waals surface area contributed by atoms with Crippen molar-refractivity contribution >= 4 is 28.7 Å². The lowest BCUT2D eigenvalue weighted by Crippen LogP contribution is -2.45. The van der Waals surface area contributed by atoms with Gasteiger partial charge in [0.1, 0.15) is 17.1 Å². The van der Waals surface area contributed by atoms with Crippen molar-refractivity contribution in [3.8, 4) is 17.1 Å². The molecule has 0 N–H and O–H groups in total. The van der Waals surface area contributed by atoms with Gasteiger partial charge in [-0.2, -0.15) is 0 Å². The van der Waals surface area contributed by atoms with Crippen LogP contribution in [0.4, 0.5) is 0 Å². The monoisotopic (exact) mass is 516 g/mol. The zero-order chi connectivity index (χ0) is 25.9. The predicted molar refractivity (Wildman–Crippen MR) is 148 cm³/mol. The molecule has 0 spiro atoms. The standard InChI is InChI=1S/C30H33ClN4O2/c1-20(2)35(23-10-5-4-6-11-23)30(36)21-15-16-22(27(18-21)37-3)19-34-28(24-12-7-8-13-25(24)31)33-26-14-9-17-32-29(26)34/h7-9,12-18,20,23H,4-6,10-11,19H2,1-3H3. The van der Waals surface area contributed by atoms with Gasteiger partial charge in [-0.15, -0.1) is 0 Å². The molecule has 2 heterocycles. The number of pyridine rings is 1. The summed E-state index contributed by atoms with van der Waals surface area (Å²) >= 11 is 6.55. The quantitative estimate of drug-likeness (QED) is 0.265. The number of benzene rings is 2. The number of hydrogen-bond acceptors (Lipinski definition) is 4. The summed E-state index contributed by atoms with van der Waals surface area (Å²) in [6.45, 7) is 4.68. The number of rotatable bonds is 7. The second kappa shape index (κ2) is 10.9. The molecule has 2 aromatic carbocycles. The number of carbonyl (C=O) groups excluding carboxylic acids is 1. The number of nitrogens with zero attached hydrogens (tertiary/aromatic N) is 4. The molecule has 1 saturated carbocycles. The molecule has 1 fully saturated rings. The van der Waals surface area contributed by atoms with Gasteiger partial charge in [0.2, 0.25) is 0 Å². The lowest BCUT2D eigenvalue weighted by Gasteiger charge is -2.37. The molecule has 37 heavy (non-hydrogen) atoms. The van der Waals surface area contributed by atoms with E-state index < -0.39 is 0 Å². The second-order valence-electron chi connectivity index (χ2n) is 9.97. The first-order valence-corrected chi connectivity index (χ1v) is 13.4. The van der Waals surface area contributed by atoms with E-state index in [4.69, 9.17) is 21.3 Å². The average molecular weight is 517 g/mol. The zero-order valence-corrected chi connectivity index (χ0v) is 22.4. The molecule has 0 unspecified atom stereocenters. The van der Waals surface area contributed by atoms with Crippen molar-refractivity contribution in [2.75, 3.05) is 7.11 Å². The van der Waals surface area contributed by atoms with Gasteiger partial charge < -0.3 is 14.2 Å². The Kier molecular flexibility index (Phi) is 7.47. The molecule has 1 aliphatic carbocycles. The van der Waals surface area contributed by atoms with E-state index in [-0.39, 0.29) is 11.9 Å². The molecule has 1 amide bonds. The number of fused-ring (bicyclic) bond motifs is 1. The van der Waals surface area contributed by atoms with Crippen LogP contribution in [0.25, 0.3) is 22.6 Å². The van der Waals surface area contributed by atoms with Crippen LogP contribution in [-0.4, -0.2) is 44.5 Å². The van der Waals surface area contributed by atoms with E-state index in [1.807, 2.05) is 54.6 Å². The molecule has 4 aromatic rings. The van der Waals surface area contributed by atoms with Crippen LogP contribution in [0.5, 0.6) is 5.75 Å². The third kappa shape index (κ3) is 5.08. The van der Waals surface area contributed by atoms with Crippen molar-refractivity contribution in [3.63, 3.8) is 0 Å². The first-order valence-electron chi connectivity index (χ1n) is 13.0. The molecule has 0 atom stereocenters. The second-order valence-corrected chi connectivity index (χ2v) is 10.4. The summed E-state index contributed by atoms with van der Waals surface area (Å²) in [6.07, 6.45) is 7.54. The fourth-order valence-electron chi connectivity index (χ4n) is 5.47. The highest BCUT2D eigenvalue weighted by molar-refractivity contribution is 6.33. The molecule has 0 aliphatic heterocycles. The minimum atomic E-state index is 0.0678. The Morgan fingerprint density at radius 3 is 2.62 bits per heavy atom. The Morgan fingerprint density at radius 1 is 1.11 bits per heavy atom. The highest BCUT2D eigenvalue weighted by Gasteiger charge is 2.29. The van der Waals surface area contributed by atoms with Gasteiger partial charge in [0.05, 0.1) is 18.7 Å². The highest BCUT2D eigenvalue weighted by Crippen LogP contribution is 2.32. The Labute approximate surface area is 223 Å². The SMILES string of the molecule is COc1cc(C(=O)N(C(C)C)C2CCCCC2)ccc1Cn1c(-c2ccccc2Cl)nc2cccnc21. The van der Waals surface area contributed by atoms with Gasteiger partial charge in [-0.1, -0.05) is 49.1 Å². The maximum absolute atomic E-state index is 13.7. The molecule has 0 radical (unpaired) electrons. The van der Waals surface area contributed by atoms with Gasteiger partial charge in [0.15, 0.2) is 5.65 Å². The molecule has 0 saturated heterocycles. The van der Waals surface area contributed by atoms with Crippen LogP contribution >= 0.6 is 11.6 Å². The van der Waals surface area contributed by atoms with Crippen LogP contribution in [0.15, 0.2) is 60.8 Å². The van der Waals surface area contributed by atoms with Crippen LogP contribution in [0.3, 0.4) is 0 Å². The van der Waals surface area contributed by atoms with E-state index in [0.29, 0.717) is 28.9 Å². The van der Waals surface area contributed by atoms with Crippen molar-refractivity contribution in [1.82, 2.24) is 19.4 Å². The van der Waals surface area contributed by atoms with Crippen LogP contribution in [0.1, 0.15) is 61.9 Å². The molecular formula is C30H33ClN4O2. The molecule has 2 aromatic heterocycles. The van der Waals surface area contributed by atoms with Gasteiger partial charge in [0, 0.05) is 35.0 Å². The molecular weight excluding hydrogens is 484 g/mol. The number of halogens is 1. The summed E-state index contributed by atoms with van der Waals surface area (Å²) in [5.74, 6) is 1.48. The van der Waals surface area contributed by atoms with Crippen LogP contribution in [0.2, 0.25) is 5.02 Å². The summed E-state index contributed by atoms with van der Waals surface area (Å²) in [6, 6.07) is 17.7. The van der Waals surface area contributed by atoms with E-state index in [1.165, 1.54) is 19.3 Å². The maximum atomic E-state index is 13.7. The van der Waals surface area contributed by atoms with Crippen molar-refractivity contribution in [3.05, 3.63) is 76.9 Å². The van der Waals surface area contributed by atoms with Gasteiger partial charge in [-0.3, -0.25) is 4.79 Å². The van der Waals surface area contributed by atoms with Gasteiger partial charge in [-0.05, 0) is 63.1 Å². The van der Waals surface area contributed by atoms with E-state index in [1.54, 1.807) is 13.3 Å². The Balaban J connectivity index is 1.51. The van der Waals surface area contributed by atoms with E-state index >= 15 is 0 Å². The number of ether oxygens (including phenoxy) is 1. The Bertz CT molecular complexity index is 1410. The molecule has 1 aliphatic rings. The molecule has 7 heteroatoms. The largest absolute Gasteiger partial charge is 0.496 e. The Hall–Kier alpha value is -3.38. The number of hydrogen-bond donors (Lipinski definition) is 0. The third-order valence-corrected chi connectivity index (χ3v) is 7.57. The predicted octanol–water partition coefficient (Wildman–Crippen LogP) is 6.99. The van der Waals surface area contributed by atoms with E-state index in [9.17, 15) is 4.79 Å². The number of amides is 1. The zero-order valence-electron chi connectivity index (χ0n) is 21.7. The summed E-state index contributed by atoms with van der Waals surface area (Å²) < 4.78 is 7.85. The molecule has 192 valence electrons. The summed E-state index contributed by atoms with van der Waals surface area (Å²) in [5.41, 5.74) is 3.99. The van der Waals surface area contributed by atoms with E-state index in [0.717, 1.165) is 41.0 Å². The average Bonchev–Trinajstić information content (AvgIpc) is 3.27. The molecule has 6 nitrogen and oxygen atoms in total. The fourth-order valence-corrected chi connectivity index (χ4v) is 5.69. The van der Waals surface area contributed by atoms with E-state index in [2.05, 4.69) is 28.3 Å². The summed E-state index contributed by atoms with van der Waals surface area (Å²) in [4.78, 5) is 25.2. The third-order valence-electron chi connectivity index (χ3n) is 7.24. The lowest BCUT2D eigenvalue weighted by molar-refractivity contribution is 0.0555. The maximum Gasteiger partial charge on any atom is 0.254 e. The van der Waals surface area contributed by atoms with Crippen molar-refractivity contribution in [1.29, 1.82) is 0 Å². The van der Waals surface area contributed by atoms with Crippen molar-refractivity contribution in [2.24, 2.45) is 0 Å². The van der Waals surface area contributed by atoms with Crippen molar-refractivity contribution in [2.45, 2.75) is 64.6 Å². The number of aromatic nitrogens is 3. The first kappa shape index (κ1) is 25.3. The summed E-state index contributed by atoms with van der Waals surface area (Å²) in [7, 11) is 1.65. The van der Waals surface area contributed by atoms with Crippen molar-refractivity contribution < 1.29 is 9.53 Å². The summed E-state index contributed by atoms with van der Waals surface area (Å²) in [5, 5.41) is 0.628. The van der Waals surface area contributed by atoms with Gasteiger partial charge in [-0.25, -0.2) is 9.97 Å². The van der Waals surface area contributed by atoms with Crippen LogP contribution < -0.4 is 4.74 Å². The smallest absolute Gasteiger partial charge is 0.254 e. The number of carbonyl (C=O) groups is 1. The topological polar surface area (TPSA) is 60.2 Å². The number of methoxy groups -OCH3 is 1. The molecule has 0 bridgehead atoms. The fraction of sp³-hybridized carbons (Fsp3) is 0.367. The minimum Gasteiger partial charge on any atom is -0.496 e. The Morgan fingerprint density at radius 2 is 1.89 bits per heavy atom. The lowest BCUT2D eigenvalue weighted by atomic mass is 9.92. The normalized spacial score (nSPS) is 14.3. The van der Waals surface area contributed by atoms with Gasteiger partial charge >= 0.3 is 0 Å². The molecule has 5 rings (SSSR count). The number of imidazole rings is 1. The van der Waals surface area contributed by atoms with Crippen LogP contribution in [-0.2, 0) is 6.54 Å². The van der Waals surface area contributed by atoms with Gasteiger partial charge in [0.25, 0.3) is 5.91 Å². The minimum absolute atomic E-state index is 0.0678. The highest BCUT2D eigenvalue weighted by atomic mass is 35.5. The first-order chi connectivity index (χ1) is 18.0.